The number of aromatic nitrogens is 3. The van der Waals surface area contributed by atoms with Crippen LogP contribution < -0.4 is 0 Å². The van der Waals surface area contributed by atoms with Crippen LogP contribution in [0, 0.1) is 11.7 Å². The van der Waals surface area contributed by atoms with Crippen molar-refractivity contribution >= 4 is 18.1 Å². The molecule has 2 fully saturated rings. The van der Waals surface area contributed by atoms with Gasteiger partial charge >= 0.3 is 0 Å². The first-order chi connectivity index (χ1) is 11.1. The van der Waals surface area contributed by atoms with Crippen LogP contribution in [0.4, 0.5) is 0 Å². The molecule has 1 amide bonds. The van der Waals surface area contributed by atoms with Crippen LogP contribution in [0.25, 0.3) is 0 Å². The van der Waals surface area contributed by atoms with E-state index in [4.69, 9.17) is 16.6 Å². The van der Waals surface area contributed by atoms with Crippen LogP contribution >= 0.6 is 12.2 Å². The van der Waals surface area contributed by atoms with Crippen molar-refractivity contribution in [2.24, 2.45) is 0 Å². The van der Waals surface area contributed by atoms with Crippen LogP contribution in [0.3, 0.4) is 0 Å². The molecule has 2 aromatic heterocycles. The molecule has 1 aliphatic heterocycles. The van der Waals surface area contributed by atoms with Gasteiger partial charge in [0.05, 0.1) is 6.26 Å². The molecule has 1 atom stereocenters. The van der Waals surface area contributed by atoms with Crippen LogP contribution in [-0.4, -0.2) is 38.7 Å². The Kier molecular flexibility index (Phi) is 3.60. The fourth-order valence-corrected chi connectivity index (χ4v) is 3.69. The number of hydrogen-bond donors (Lipinski definition) is 1. The predicted molar refractivity (Wildman–Crippen MR) is 87.0 cm³/mol. The summed E-state index contributed by atoms with van der Waals surface area (Å²) in [6.07, 6.45) is 5.92. The van der Waals surface area contributed by atoms with E-state index in [1.165, 1.54) is 12.8 Å². The average Bonchev–Trinajstić information content (AvgIpc) is 3.19. The molecule has 0 radical (unpaired) electrons. The molecule has 0 bridgehead atoms. The van der Waals surface area contributed by atoms with Crippen LogP contribution in [-0.2, 0) is 0 Å². The van der Waals surface area contributed by atoms with Gasteiger partial charge in [-0.3, -0.25) is 9.89 Å². The standard InChI is InChI=1S/C16H20N4O2S/c1-10-6-8-22-13(10)15(21)19-7-2-3-11(9-19)14-17-18-16(23)20(14)12-4-5-12/h6,8,11-12H,2-5,7,9H2,1H3,(H,18,23)/t11-/m1/s1. The van der Waals surface area contributed by atoms with Gasteiger partial charge in [-0.2, -0.15) is 5.10 Å². The Bertz CT molecular complexity index is 786. The van der Waals surface area contributed by atoms with Crippen molar-refractivity contribution in [2.75, 3.05) is 13.1 Å². The molecule has 7 heteroatoms. The summed E-state index contributed by atoms with van der Waals surface area (Å²) >= 11 is 5.37. The van der Waals surface area contributed by atoms with E-state index in [9.17, 15) is 4.79 Å². The van der Waals surface area contributed by atoms with E-state index in [-0.39, 0.29) is 11.8 Å². The number of aromatic amines is 1. The minimum absolute atomic E-state index is 0.0238. The Hall–Kier alpha value is -1.89. The second-order valence-electron chi connectivity index (χ2n) is 6.51. The first kappa shape index (κ1) is 14.7. The van der Waals surface area contributed by atoms with Gasteiger partial charge in [0.1, 0.15) is 5.82 Å². The summed E-state index contributed by atoms with van der Waals surface area (Å²) in [6.45, 7) is 3.34. The first-order valence-electron chi connectivity index (χ1n) is 8.15. The van der Waals surface area contributed by atoms with Gasteiger partial charge in [-0.05, 0) is 50.9 Å². The molecule has 0 unspecified atom stereocenters. The average molecular weight is 332 g/mol. The van der Waals surface area contributed by atoms with Crippen molar-refractivity contribution in [3.63, 3.8) is 0 Å². The van der Waals surface area contributed by atoms with Gasteiger partial charge in [0.2, 0.25) is 0 Å². The van der Waals surface area contributed by atoms with Crippen LogP contribution in [0.2, 0.25) is 0 Å². The van der Waals surface area contributed by atoms with Gasteiger partial charge in [-0.15, -0.1) is 0 Å². The summed E-state index contributed by atoms with van der Waals surface area (Å²) in [4.78, 5) is 14.6. The van der Waals surface area contributed by atoms with Crippen molar-refractivity contribution in [1.82, 2.24) is 19.7 Å². The summed E-state index contributed by atoms with van der Waals surface area (Å²) < 4.78 is 8.22. The normalized spacial score (nSPS) is 21.6. The van der Waals surface area contributed by atoms with Gasteiger partial charge in [0.25, 0.3) is 5.91 Å². The quantitative estimate of drug-likeness (QED) is 0.877. The van der Waals surface area contributed by atoms with E-state index in [1.807, 2.05) is 17.9 Å². The minimum Gasteiger partial charge on any atom is -0.459 e. The molecule has 1 aliphatic carbocycles. The van der Waals surface area contributed by atoms with E-state index >= 15 is 0 Å². The number of furan rings is 1. The van der Waals surface area contributed by atoms with Crippen LogP contribution in [0.5, 0.6) is 0 Å². The predicted octanol–water partition coefficient (Wildman–Crippen LogP) is 3.20. The monoisotopic (exact) mass is 332 g/mol. The Morgan fingerprint density at radius 2 is 2.26 bits per heavy atom. The number of likely N-dealkylation sites (tertiary alicyclic amines) is 1. The molecule has 1 saturated carbocycles. The number of carbonyl (C=O) groups excluding carboxylic acids is 1. The highest BCUT2D eigenvalue weighted by Gasteiger charge is 2.34. The van der Waals surface area contributed by atoms with Crippen LogP contribution in [0.15, 0.2) is 16.7 Å². The molecule has 6 nitrogen and oxygen atoms in total. The molecule has 23 heavy (non-hydrogen) atoms. The third-order valence-electron chi connectivity index (χ3n) is 4.77. The van der Waals surface area contributed by atoms with E-state index in [0.29, 0.717) is 23.1 Å². The minimum atomic E-state index is -0.0238. The lowest BCUT2D eigenvalue weighted by molar-refractivity contribution is 0.0670. The molecule has 2 aliphatic rings. The Balaban J connectivity index is 1.57. The number of H-pyrrole nitrogens is 1. The highest BCUT2D eigenvalue weighted by atomic mass is 32.1. The third-order valence-corrected chi connectivity index (χ3v) is 5.06. The molecule has 0 aromatic carbocycles. The highest BCUT2D eigenvalue weighted by molar-refractivity contribution is 7.71. The molecular weight excluding hydrogens is 312 g/mol. The number of hydrogen-bond acceptors (Lipinski definition) is 4. The fraction of sp³-hybridized carbons (Fsp3) is 0.562. The lowest BCUT2D eigenvalue weighted by atomic mass is 9.96. The zero-order valence-electron chi connectivity index (χ0n) is 13.1. The molecule has 1 saturated heterocycles. The number of nitrogens with zero attached hydrogens (tertiary/aromatic N) is 3. The van der Waals surface area contributed by atoms with Gasteiger partial charge in [-0.1, -0.05) is 0 Å². The molecule has 1 N–H and O–H groups in total. The van der Waals surface area contributed by atoms with Gasteiger partial charge in [-0.25, -0.2) is 0 Å². The summed E-state index contributed by atoms with van der Waals surface area (Å²) in [5.41, 5.74) is 0.887. The van der Waals surface area contributed by atoms with E-state index in [2.05, 4.69) is 14.8 Å². The summed E-state index contributed by atoms with van der Waals surface area (Å²) in [5.74, 6) is 1.67. The second kappa shape index (κ2) is 5.63. The smallest absolute Gasteiger partial charge is 0.289 e. The molecular formula is C16H20N4O2S. The first-order valence-corrected chi connectivity index (χ1v) is 8.56. The maximum absolute atomic E-state index is 12.7. The van der Waals surface area contributed by atoms with E-state index in [0.717, 1.165) is 30.8 Å². The number of aryl methyl sites for hydroxylation is 1. The molecule has 4 rings (SSSR count). The lowest BCUT2D eigenvalue weighted by Crippen LogP contribution is -2.39. The van der Waals surface area contributed by atoms with E-state index < -0.39 is 0 Å². The number of carbonyl (C=O) groups is 1. The molecule has 3 heterocycles. The third kappa shape index (κ3) is 2.63. The zero-order valence-corrected chi connectivity index (χ0v) is 13.9. The van der Waals surface area contributed by atoms with Gasteiger partial charge < -0.3 is 13.9 Å². The van der Waals surface area contributed by atoms with Crippen molar-refractivity contribution < 1.29 is 9.21 Å². The number of nitrogens with one attached hydrogen (secondary N) is 1. The SMILES string of the molecule is Cc1ccoc1C(=O)N1CCC[C@@H](c2n[nH]c(=S)n2C2CC2)C1. The summed E-state index contributed by atoms with van der Waals surface area (Å²) in [7, 11) is 0. The summed E-state index contributed by atoms with van der Waals surface area (Å²) in [5, 5.41) is 7.39. The summed E-state index contributed by atoms with van der Waals surface area (Å²) in [6, 6.07) is 2.32. The van der Waals surface area contributed by atoms with Crippen molar-refractivity contribution in [2.45, 2.75) is 44.6 Å². The van der Waals surface area contributed by atoms with Crippen molar-refractivity contribution in [3.05, 3.63) is 34.2 Å². The molecule has 0 spiro atoms. The largest absolute Gasteiger partial charge is 0.459 e. The van der Waals surface area contributed by atoms with Crippen LogP contribution in [0.1, 0.15) is 59.6 Å². The van der Waals surface area contributed by atoms with Gasteiger partial charge in [0, 0.05) is 30.6 Å². The maximum atomic E-state index is 12.7. The number of piperidine rings is 1. The molecule has 122 valence electrons. The zero-order chi connectivity index (χ0) is 16.0. The maximum Gasteiger partial charge on any atom is 0.289 e. The van der Waals surface area contributed by atoms with Crippen molar-refractivity contribution in [3.8, 4) is 0 Å². The van der Waals surface area contributed by atoms with E-state index in [1.54, 1.807) is 6.26 Å². The Labute approximate surface area is 139 Å². The topological polar surface area (TPSA) is 67.1 Å². The van der Waals surface area contributed by atoms with Crippen molar-refractivity contribution in [1.29, 1.82) is 0 Å². The second-order valence-corrected chi connectivity index (χ2v) is 6.90. The number of rotatable bonds is 3. The fourth-order valence-electron chi connectivity index (χ4n) is 3.40. The number of amides is 1. The Morgan fingerprint density at radius 1 is 1.43 bits per heavy atom. The highest BCUT2D eigenvalue weighted by Crippen LogP contribution is 2.38. The lowest BCUT2D eigenvalue weighted by Gasteiger charge is -2.32. The Morgan fingerprint density at radius 3 is 2.96 bits per heavy atom. The van der Waals surface area contributed by atoms with Gasteiger partial charge in [0.15, 0.2) is 10.5 Å². The molecule has 2 aromatic rings.